The lowest BCUT2D eigenvalue weighted by molar-refractivity contribution is -0.116. The van der Waals surface area contributed by atoms with Gasteiger partial charge in [-0.05, 0) is 29.8 Å². The highest BCUT2D eigenvalue weighted by Gasteiger charge is 2.12. The van der Waals surface area contributed by atoms with E-state index in [1.807, 2.05) is 0 Å². The first-order chi connectivity index (χ1) is 9.56. The number of Topliss-reactive ketones (excluding diaryl/α,β-unsaturated/α-hetero) is 1. The maximum absolute atomic E-state index is 13.4. The second-order valence-corrected chi connectivity index (χ2v) is 5.22. The Hall–Kier alpha value is -1.75. The normalized spacial score (nSPS) is 10.6. The van der Waals surface area contributed by atoms with E-state index in [0.29, 0.717) is 4.90 Å². The van der Waals surface area contributed by atoms with E-state index in [1.165, 1.54) is 36.0 Å². The van der Waals surface area contributed by atoms with Crippen LogP contribution in [0, 0.1) is 17.5 Å². The predicted molar refractivity (Wildman–Crippen MR) is 72.2 cm³/mol. The minimum atomic E-state index is -0.989. The van der Waals surface area contributed by atoms with E-state index < -0.39 is 11.6 Å². The first-order valence-corrected chi connectivity index (χ1v) is 6.88. The summed E-state index contributed by atoms with van der Waals surface area (Å²) in [5, 5.41) is 0. The standard InChI is InChI=1S/C15H11F3OS/c16-11-4-2-5-13(8-11)20-9-12(19)7-10-3-1-6-14(17)15(10)18/h1-6,8H,7,9H2. The first kappa shape index (κ1) is 14.7. The monoisotopic (exact) mass is 296 g/mol. The Balaban J connectivity index is 1.94. The lowest BCUT2D eigenvalue weighted by Crippen LogP contribution is -2.08. The Bertz CT molecular complexity index is 628. The van der Waals surface area contributed by atoms with Crippen LogP contribution < -0.4 is 0 Å². The molecular weight excluding hydrogens is 285 g/mol. The smallest absolute Gasteiger partial charge is 0.162 e. The van der Waals surface area contributed by atoms with E-state index >= 15 is 0 Å². The largest absolute Gasteiger partial charge is 0.298 e. The first-order valence-electron chi connectivity index (χ1n) is 5.89. The number of carbonyl (C=O) groups is 1. The van der Waals surface area contributed by atoms with Crippen LogP contribution in [-0.4, -0.2) is 11.5 Å². The van der Waals surface area contributed by atoms with Crippen molar-refractivity contribution in [2.75, 3.05) is 5.75 Å². The van der Waals surface area contributed by atoms with Crippen molar-refractivity contribution in [3.63, 3.8) is 0 Å². The van der Waals surface area contributed by atoms with Gasteiger partial charge in [0.25, 0.3) is 0 Å². The van der Waals surface area contributed by atoms with Crippen molar-refractivity contribution in [3.05, 3.63) is 65.5 Å². The van der Waals surface area contributed by atoms with Crippen LogP contribution in [0.3, 0.4) is 0 Å². The van der Waals surface area contributed by atoms with Crippen molar-refractivity contribution < 1.29 is 18.0 Å². The number of thioether (sulfide) groups is 1. The van der Waals surface area contributed by atoms with Gasteiger partial charge in [0.1, 0.15) is 11.6 Å². The molecule has 0 heterocycles. The Morgan fingerprint density at radius 3 is 2.55 bits per heavy atom. The highest BCUT2D eigenvalue weighted by molar-refractivity contribution is 8.00. The summed E-state index contributed by atoms with van der Waals surface area (Å²) in [7, 11) is 0. The molecule has 0 aromatic heterocycles. The molecule has 5 heteroatoms. The molecule has 20 heavy (non-hydrogen) atoms. The molecule has 0 atom stereocenters. The molecule has 0 saturated heterocycles. The molecular formula is C15H11F3OS. The van der Waals surface area contributed by atoms with E-state index in [9.17, 15) is 18.0 Å². The molecule has 1 nitrogen and oxygen atoms in total. The third-order valence-electron chi connectivity index (χ3n) is 2.62. The summed E-state index contributed by atoms with van der Waals surface area (Å²) >= 11 is 1.17. The zero-order chi connectivity index (χ0) is 14.5. The average molecular weight is 296 g/mol. The molecule has 2 rings (SSSR count). The molecule has 104 valence electrons. The summed E-state index contributed by atoms with van der Waals surface area (Å²) in [5.41, 5.74) is 0.0369. The highest BCUT2D eigenvalue weighted by Crippen LogP contribution is 2.20. The van der Waals surface area contributed by atoms with Gasteiger partial charge in [0.15, 0.2) is 11.6 Å². The molecule has 0 bridgehead atoms. The molecule has 0 N–H and O–H groups in total. The molecule has 2 aromatic rings. The van der Waals surface area contributed by atoms with Gasteiger partial charge in [-0.15, -0.1) is 11.8 Å². The van der Waals surface area contributed by atoms with Crippen LogP contribution in [0.4, 0.5) is 13.2 Å². The van der Waals surface area contributed by atoms with Gasteiger partial charge in [-0.25, -0.2) is 13.2 Å². The maximum atomic E-state index is 13.4. The van der Waals surface area contributed by atoms with Crippen molar-refractivity contribution in [1.82, 2.24) is 0 Å². The third-order valence-corrected chi connectivity index (χ3v) is 3.67. The van der Waals surface area contributed by atoms with Crippen molar-refractivity contribution in [1.29, 1.82) is 0 Å². The zero-order valence-electron chi connectivity index (χ0n) is 10.4. The van der Waals surface area contributed by atoms with E-state index in [4.69, 9.17) is 0 Å². The molecule has 0 aliphatic heterocycles. The topological polar surface area (TPSA) is 17.1 Å². The third kappa shape index (κ3) is 3.87. The second-order valence-electron chi connectivity index (χ2n) is 4.17. The molecule has 0 saturated carbocycles. The maximum Gasteiger partial charge on any atom is 0.162 e. The summed E-state index contributed by atoms with van der Waals surface area (Å²) in [6.45, 7) is 0. The van der Waals surface area contributed by atoms with E-state index in [2.05, 4.69) is 0 Å². The van der Waals surface area contributed by atoms with Gasteiger partial charge in [-0.1, -0.05) is 18.2 Å². The van der Waals surface area contributed by atoms with Crippen LogP contribution in [0.15, 0.2) is 47.4 Å². The summed E-state index contributed by atoms with van der Waals surface area (Å²) < 4.78 is 39.3. The number of hydrogen-bond acceptors (Lipinski definition) is 2. The van der Waals surface area contributed by atoms with E-state index in [1.54, 1.807) is 12.1 Å². The number of carbonyl (C=O) groups excluding carboxylic acids is 1. The van der Waals surface area contributed by atoms with Gasteiger partial charge in [0.2, 0.25) is 0 Å². The minimum Gasteiger partial charge on any atom is -0.298 e. The molecule has 0 aliphatic carbocycles. The Labute approximate surface area is 118 Å². The fourth-order valence-corrected chi connectivity index (χ4v) is 2.47. The Morgan fingerprint density at radius 2 is 1.80 bits per heavy atom. The van der Waals surface area contributed by atoms with Crippen LogP contribution in [0.1, 0.15) is 5.56 Å². The summed E-state index contributed by atoms with van der Waals surface area (Å²) in [5.74, 6) is -2.49. The zero-order valence-corrected chi connectivity index (χ0v) is 11.2. The lowest BCUT2D eigenvalue weighted by Gasteiger charge is -2.04. The van der Waals surface area contributed by atoms with Gasteiger partial charge >= 0.3 is 0 Å². The van der Waals surface area contributed by atoms with Gasteiger partial charge in [0, 0.05) is 11.3 Å². The Morgan fingerprint density at radius 1 is 1.05 bits per heavy atom. The van der Waals surface area contributed by atoms with Crippen LogP contribution in [-0.2, 0) is 11.2 Å². The fourth-order valence-electron chi connectivity index (χ4n) is 1.67. The van der Waals surface area contributed by atoms with E-state index in [-0.39, 0.29) is 29.3 Å². The van der Waals surface area contributed by atoms with Crippen LogP contribution in [0.2, 0.25) is 0 Å². The SMILES string of the molecule is O=C(CSc1cccc(F)c1)Cc1cccc(F)c1F. The Kier molecular flexibility index (Phi) is 4.84. The fraction of sp³-hybridized carbons (Fsp3) is 0.133. The van der Waals surface area contributed by atoms with Gasteiger partial charge < -0.3 is 0 Å². The van der Waals surface area contributed by atoms with Crippen molar-refractivity contribution in [2.24, 2.45) is 0 Å². The molecule has 0 spiro atoms. The number of halogens is 3. The summed E-state index contributed by atoms with van der Waals surface area (Å²) in [6, 6.07) is 9.61. The van der Waals surface area contributed by atoms with E-state index in [0.717, 1.165) is 6.07 Å². The van der Waals surface area contributed by atoms with Crippen LogP contribution in [0.5, 0.6) is 0 Å². The van der Waals surface area contributed by atoms with Crippen molar-refractivity contribution in [3.8, 4) is 0 Å². The van der Waals surface area contributed by atoms with Crippen LogP contribution >= 0.6 is 11.8 Å². The molecule has 0 amide bonds. The predicted octanol–water partition coefficient (Wildman–Crippen LogP) is 4.01. The molecule has 2 aromatic carbocycles. The summed E-state index contributed by atoms with van der Waals surface area (Å²) in [4.78, 5) is 12.4. The van der Waals surface area contributed by atoms with Gasteiger partial charge in [-0.3, -0.25) is 4.79 Å². The molecule has 0 unspecified atom stereocenters. The average Bonchev–Trinajstić information content (AvgIpc) is 2.42. The minimum absolute atomic E-state index is 0.0369. The lowest BCUT2D eigenvalue weighted by atomic mass is 10.1. The number of hydrogen-bond donors (Lipinski definition) is 0. The van der Waals surface area contributed by atoms with Crippen LogP contribution in [0.25, 0.3) is 0 Å². The van der Waals surface area contributed by atoms with Crippen molar-refractivity contribution >= 4 is 17.5 Å². The van der Waals surface area contributed by atoms with Gasteiger partial charge in [-0.2, -0.15) is 0 Å². The van der Waals surface area contributed by atoms with Crippen molar-refractivity contribution in [2.45, 2.75) is 11.3 Å². The molecule has 0 fully saturated rings. The van der Waals surface area contributed by atoms with Gasteiger partial charge in [0.05, 0.1) is 5.75 Å². The number of benzene rings is 2. The quantitative estimate of drug-likeness (QED) is 0.776. The number of rotatable bonds is 5. The molecule has 0 radical (unpaired) electrons. The molecule has 0 aliphatic rings. The summed E-state index contributed by atoms with van der Waals surface area (Å²) in [6.07, 6.45) is -0.175. The number of ketones is 1. The second kappa shape index (κ2) is 6.61. The highest BCUT2D eigenvalue weighted by atomic mass is 32.2.